The summed E-state index contributed by atoms with van der Waals surface area (Å²) in [6.45, 7) is 1.26. The molecule has 0 aromatic heterocycles. The molecule has 8 nitrogen and oxygen atoms in total. The van der Waals surface area contributed by atoms with Crippen molar-refractivity contribution in [3.05, 3.63) is 94.0 Å². The van der Waals surface area contributed by atoms with Crippen LogP contribution >= 0.6 is 23.2 Å². The molecule has 190 valence electrons. The lowest BCUT2D eigenvalue weighted by molar-refractivity contribution is -0.122. The van der Waals surface area contributed by atoms with Gasteiger partial charge in [-0.3, -0.25) is 14.9 Å². The Balaban J connectivity index is 1.36. The molecule has 1 heterocycles. The van der Waals surface area contributed by atoms with Gasteiger partial charge in [-0.15, -0.1) is 0 Å². The normalized spacial score (nSPS) is 14.6. The molecule has 1 aliphatic heterocycles. The van der Waals surface area contributed by atoms with Crippen LogP contribution in [0, 0.1) is 0 Å². The van der Waals surface area contributed by atoms with Gasteiger partial charge in [0.15, 0.2) is 5.75 Å². The molecule has 37 heavy (non-hydrogen) atoms. The van der Waals surface area contributed by atoms with Crippen LogP contribution in [0.15, 0.2) is 78.4 Å². The number of rotatable bonds is 10. The van der Waals surface area contributed by atoms with E-state index < -0.39 is 17.8 Å². The van der Waals surface area contributed by atoms with Crippen molar-refractivity contribution in [2.75, 3.05) is 31.3 Å². The number of barbiturate groups is 1. The Hall–Kier alpha value is -3.85. The molecule has 3 aromatic rings. The van der Waals surface area contributed by atoms with Crippen molar-refractivity contribution in [3.63, 3.8) is 0 Å². The van der Waals surface area contributed by atoms with Crippen molar-refractivity contribution in [2.45, 2.75) is 0 Å². The predicted octanol–water partition coefficient (Wildman–Crippen LogP) is 5.13. The molecule has 0 radical (unpaired) electrons. The van der Waals surface area contributed by atoms with Crippen molar-refractivity contribution < 1.29 is 28.6 Å². The largest absolute Gasteiger partial charge is 0.491 e. The van der Waals surface area contributed by atoms with Gasteiger partial charge in [-0.1, -0.05) is 59.6 Å². The van der Waals surface area contributed by atoms with Crippen molar-refractivity contribution in [2.24, 2.45) is 0 Å². The monoisotopic (exact) mass is 540 g/mol. The van der Waals surface area contributed by atoms with Gasteiger partial charge in [-0.2, -0.15) is 0 Å². The SMILES string of the molecule is O=C1NC(=O)N(c2ccccc2)C(=O)/C1=C\c1cc(Cl)c(OCCOCCOc2ccccc2)c(Cl)c1. The Morgan fingerprint density at radius 3 is 2.03 bits per heavy atom. The molecule has 0 saturated carbocycles. The minimum atomic E-state index is -0.827. The van der Waals surface area contributed by atoms with Crippen LogP contribution in [0.5, 0.6) is 11.5 Å². The molecular weight excluding hydrogens is 519 g/mol. The second kappa shape index (κ2) is 12.4. The first-order valence-electron chi connectivity index (χ1n) is 11.3. The first-order valence-corrected chi connectivity index (χ1v) is 12.0. The molecule has 1 saturated heterocycles. The molecule has 4 amide bonds. The highest BCUT2D eigenvalue weighted by molar-refractivity contribution is 6.40. The van der Waals surface area contributed by atoms with E-state index in [1.807, 2.05) is 30.3 Å². The van der Waals surface area contributed by atoms with Crippen LogP contribution < -0.4 is 19.7 Å². The molecule has 10 heteroatoms. The van der Waals surface area contributed by atoms with Crippen LogP contribution in [0.2, 0.25) is 10.0 Å². The molecule has 1 fully saturated rings. The Morgan fingerprint density at radius 2 is 1.38 bits per heavy atom. The second-order valence-corrected chi connectivity index (χ2v) is 8.54. The Bertz CT molecular complexity index is 1290. The van der Waals surface area contributed by atoms with Crippen LogP contribution in [0.4, 0.5) is 10.5 Å². The number of ether oxygens (including phenoxy) is 3. The summed E-state index contributed by atoms with van der Waals surface area (Å²) >= 11 is 12.7. The average Bonchev–Trinajstić information content (AvgIpc) is 2.88. The number of amides is 4. The number of carbonyl (C=O) groups excluding carboxylic acids is 3. The zero-order valence-electron chi connectivity index (χ0n) is 19.5. The van der Waals surface area contributed by atoms with E-state index in [0.717, 1.165) is 10.6 Å². The van der Waals surface area contributed by atoms with Crippen molar-refractivity contribution in [1.29, 1.82) is 0 Å². The van der Waals surface area contributed by atoms with Crippen molar-refractivity contribution >= 4 is 52.8 Å². The Labute approximate surface area is 223 Å². The van der Waals surface area contributed by atoms with E-state index in [-0.39, 0.29) is 34.6 Å². The molecule has 1 aliphatic rings. The summed E-state index contributed by atoms with van der Waals surface area (Å²) in [6.07, 6.45) is 1.32. The number of nitrogens with zero attached hydrogens (tertiary/aromatic N) is 1. The maximum absolute atomic E-state index is 13.0. The maximum atomic E-state index is 13.0. The summed E-state index contributed by atoms with van der Waals surface area (Å²) in [5.41, 5.74) is 0.477. The first kappa shape index (κ1) is 26.2. The van der Waals surface area contributed by atoms with Gasteiger partial charge in [-0.25, -0.2) is 9.69 Å². The lowest BCUT2D eigenvalue weighted by Crippen LogP contribution is -2.54. The fraction of sp³-hybridized carbons (Fsp3) is 0.148. The van der Waals surface area contributed by atoms with E-state index in [1.165, 1.54) is 18.2 Å². The lowest BCUT2D eigenvalue weighted by atomic mass is 10.1. The van der Waals surface area contributed by atoms with E-state index in [4.69, 9.17) is 37.4 Å². The number of urea groups is 1. The van der Waals surface area contributed by atoms with Gasteiger partial charge < -0.3 is 14.2 Å². The summed E-state index contributed by atoms with van der Waals surface area (Å²) in [4.78, 5) is 38.6. The fourth-order valence-electron chi connectivity index (χ4n) is 3.48. The molecular formula is C27H22Cl2N2O6. The van der Waals surface area contributed by atoms with Crippen LogP contribution in [0.25, 0.3) is 6.08 Å². The Kier molecular flexibility index (Phi) is 8.79. The van der Waals surface area contributed by atoms with Crippen molar-refractivity contribution in [3.8, 4) is 11.5 Å². The van der Waals surface area contributed by atoms with Crippen molar-refractivity contribution in [1.82, 2.24) is 5.32 Å². The summed E-state index contributed by atoms with van der Waals surface area (Å²) in [7, 11) is 0. The van der Waals surface area contributed by atoms with Crippen LogP contribution in [0.3, 0.4) is 0 Å². The highest BCUT2D eigenvalue weighted by Crippen LogP contribution is 2.35. The third-order valence-corrected chi connectivity index (χ3v) is 5.72. The number of hydrogen-bond donors (Lipinski definition) is 1. The van der Waals surface area contributed by atoms with Gasteiger partial charge in [-0.05, 0) is 48.0 Å². The minimum absolute atomic E-state index is 0.186. The number of hydrogen-bond acceptors (Lipinski definition) is 6. The van der Waals surface area contributed by atoms with Crippen LogP contribution in [-0.2, 0) is 14.3 Å². The first-order chi connectivity index (χ1) is 17.9. The fourth-order valence-corrected chi connectivity index (χ4v) is 4.09. The third kappa shape index (κ3) is 6.68. The summed E-state index contributed by atoms with van der Waals surface area (Å²) in [5, 5.41) is 2.55. The minimum Gasteiger partial charge on any atom is -0.491 e. The molecule has 0 aliphatic carbocycles. The number of nitrogens with one attached hydrogen (secondary N) is 1. The van der Waals surface area contributed by atoms with E-state index in [1.54, 1.807) is 30.3 Å². The van der Waals surface area contributed by atoms with Gasteiger partial charge in [0, 0.05) is 0 Å². The van der Waals surface area contributed by atoms with Gasteiger partial charge in [0.05, 0.1) is 28.9 Å². The summed E-state index contributed by atoms with van der Waals surface area (Å²) < 4.78 is 16.7. The average molecular weight is 541 g/mol. The smallest absolute Gasteiger partial charge is 0.335 e. The standard InChI is InChI=1S/C27H22Cl2N2O6/c28-22-16-18(15-21-25(32)30-27(34)31(26(21)33)19-7-3-1-4-8-19)17-23(29)24(22)37-14-12-35-11-13-36-20-9-5-2-6-10-20/h1-10,15-17H,11-14H2,(H,30,32,34)/b21-15-. The summed E-state index contributed by atoms with van der Waals surface area (Å²) in [5.74, 6) is -0.568. The van der Waals surface area contributed by atoms with Crippen LogP contribution in [0.1, 0.15) is 5.56 Å². The number of carbonyl (C=O) groups is 3. The van der Waals surface area contributed by atoms with E-state index >= 15 is 0 Å². The highest BCUT2D eigenvalue weighted by Gasteiger charge is 2.36. The number of para-hydroxylation sites is 2. The van der Waals surface area contributed by atoms with E-state index in [2.05, 4.69) is 5.32 Å². The molecule has 4 rings (SSSR count). The third-order valence-electron chi connectivity index (χ3n) is 5.16. The van der Waals surface area contributed by atoms with E-state index in [9.17, 15) is 14.4 Å². The number of halogens is 2. The number of imide groups is 2. The molecule has 3 aromatic carbocycles. The van der Waals surface area contributed by atoms with Gasteiger partial charge in [0.25, 0.3) is 11.8 Å². The van der Waals surface area contributed by atoms with Gasteiger partial charge in [0.2, 0.25) is 0 Å². The molecule has 0 unspecified atom stereocenters. The highest BCUT2D eigenvalue weighted by atomic mass is 35.5. The number of benzene rings is 3. The molecule has 1 N–H and O–H groups in total. The predicted molar refractivity (Wildman–Crippen MR) is 140 cm³/mol. The Morgan fingerprint density at radius 1 is 0.784 bits per heavy atom. The lowest BCUT2D eigenvalue weighted by Gasteiger charge is -2.26. The maximum Gasteiger partial charge on any atom is 0.335 e. The van der Waals surface area contributed by atoms with Gasteiger partial charge in [0.1, 0.15) is 24.5 Å². The topological polar surface area (TPSA) is 94.2 Å². The molecule has 0 bridgehead atoms. The molecule has 0 spiro atoms. The quantitative estimate of drug-likeness (QED) is 0.217. The van der Waals surface area contributed by atoms with Crippen LogP contribution in [-0.4, -0.2) is 44.3 Å². The van der Waals surface area contributed by atoms with Gasteiger partial charge >= 0.3 is 6.03 Å². The molecule has 0 atom stereocenters. The zero-order chi connectivity index (χ0) is 26.2. The zero-order valence-corrected chi connectivity index (χ0v) is 21.0. The van der Waals surface area contributed by atoms with E-state index in [0.29, 0.717) is 24.5 Å². The summed E-state index contributed by atoms with van der Waals surface area (Å²) in [6, 6.07) is 19.9. The second-order valence-electron chi connectivity index (χ2n) is 7.73. The number of anilines is 1.